The number of rotatable bonds is 13. The van der Waals surface area contributed by atoms with Crippen LogP contribution < -0.4 is 14.2 Å². The van der Waals surface area contributed by atoms with Gasteiger partial charge in [-0.3, -0.25) is 4.98 Å². The largest absolute Gasteiger partial charge is 0.493 e. The number of nitrogens with zero attached hydrogens (tertiary/aromatic N) is 2. The first kappa shape index (κ1) is 26.2. The van der Waals surface area contributed by atoms with Crippen LogP contribution in [-0.2, 0) is 9.53 Å². The van der Waals surface area contributed by atoms with Gasteiger partial charge in [-0.05, 0) is 63.6 Å². The zero-order valence-electron chi connectivity index (χ0n) is 21.1. The van der Waals surface area contributed by atoms with Crippen LogP contribution in [-0.4, -0.2) is 49.3 Å². The van der Waals surface area contributed by atoms with Crippen molar-refractivity contribution in [2.24, 2.45) is 5.92 Å². The van der Waals surface area contributed by atoms with Gasteiger partial charge in [0.2, 0.25) is 5.88 Å². The molecule has 0 fully saturated rings. The number of carbonyl (C=O) groups is 1. The van der Waals surface area contributed by atoms with Crippen molar-refractivity contribution >= 4 is 16.7 Å². The number of carbonyl (C=O) groups excluding carboxylic acids is 1. The van der Waals surface area contributed by atoms with Crippen LogP contribution >= 0.6 is 0 Å². The molecule has 0 N–H and O–H groups in total. The molecule has 0 amide bonds. The van der Waals surface area contributed by atoms with Crippen LogP contribution in [0.1, 0.15) is 33.6 Å². The van der Waals surface area contributed by atoms with E-state index >= 15 is 0 Å². The zero-order chi connectivity index (χ0) is 25.2. The number of pyridine rings is 2. The normalized spacial score (nSPS) is 13.1. The molecule has 3 rings (SSSR count). The van der Waals surface area contributed by atoms with E-state index in [1.165, 1.54) is 0 Å². The number of hydrogen-bond donors (Lipinski definition) is 0. The maximum absolute atomic E-state index is 11.7. The second-order valence-electron chi connectivity index (χ2n) is 8.52. The van der Waals surface area contributed by atoms with Crippen molar-refractivity contribution in [2.45, 2.75) is 39.7 Å². The topological polar surface area (TPSA) is 79.8 Å². The van der Waals surface area contributed by atoms with E-state index in [0.717, 1.165) is 22.9 Å². The minimum Gasteiger partial charge on any atom is -0.493 e. The molecule has 0 saturated heterocycles. The van der Waals surface area contributed by atoms with Crippen LogP contribution in [0, 0.1) is 5.92 Å². The maximum atomic E-state index is 11.7. The van der Waals surface area contributed by atoms with E-state index in [1.807, 2.05) is 56.3 Å². The van der Waals surface area contributed by atoms with Gasteiger partial charge in [-0.25, -0.2) is 4.98 Å². The molecule has 2 atom stereocenters. The van der Waals surface area contributed by atoms with Crippen molar-refractivity contribution in [1.82, 2.24) is 9.97 Å². The first-order valence-electron chi connectivity index (χ1n) is 11.8. The summed E-state index contributed by atoms with van der Waals surface area (Å²) < 4.78 is 22.9. The van der Waals surface area contributed by atoms with Crippen molar-refractivity contribution in [3.05, 3.63) is 54.7 Å². The molecular weight excluding hydrogens is 444 g/mol. The van der Waals surface area contributed by atoms with Crippen molar-refractivity contribution in [3.8, 4) is 28.6 Å². The molecule has 7 nitrogen and oxygen atoms in total. The molecule has 0 radical (unpaired) electrons. The molecule has 0 saturated carbocycles. The standard InChI is InChI=1S/C28H34N2O5/c1-6-7-9-21(14-19(2)31)18-34-28-23-10-8-13-29-25(23)16-24(30-28)22-11-12-26(27(15-22)33-5)35-20(3)17-32-4/h6-8,10-13,15-16,20-21H,9,14,17-18H2,1-5H3. The quantitative estimate of drug-likeness (QED) is 0.293. The van der Waals surface area contributed by atoms with Crippen LogP contribution in [0.25, 0.3) is 22.2 Å². The Kier molecular flexibility index (Phi) is 9.61. The predicted molar refractivity (Wildman–Crippen MR) is 137 cm³/mol. The fraction of sp³-hybridized carbons (Fsp3) is 0.393. The van der Waals surface area contributed by atoms with Crippen molar-refractivity contribution < 1.29 is 23.7 Å². The monoisotopic (exact) mass is 478 g/mol. The lowest BCUT2D eigenvalue weighted by Crippen LogP contribution is -2.18. The molecule has 2 heterocycles. The number of methoxy groups -OCH3 is 2. The highest BCUT2D eigenvalue weighted by atomic mass is 16.5. The summed E-state index contributed by atoms with van der Waals surface area (Å²) >= 11 is 0. The van der Waals surface area contributed by atoms with E-state index in [-0.39, 0.29) is 17.8 Å². The van der Waals surface area contributed by atoms with E-state index in [0.29, 0.717) is 42.7 Å². The highest BCUT2D eigenvalue weighted by molar-refractivity contribution is 5.87. The lowest BCUT2D eigenvalue weighted by atomic mass is 10.00. The molecule has 0 bridgehead atoms. The Morgan fingerprint density at radius 3 is 2.66 bits per heavy atom. The summed E-state index contributed by atoms with van der Waals surface area (Å²) in [5.41, 5.74) is 2.33. The molecule has 186 valence electrons. The molecule has 7 heteroatoms. The number of Topliss-reactive ketones (excluding diaryl/α,β-unsaturated/α-hetero) is 1. The highest BCUT2D eigenvalue weighted by Crippen LogP contribution is 2.35. The second-order valence-corrected chi connectivity index (χ2v) is 8.52. The molecule has 2 aromatic heterocycles. The molecule has 0 aliphatic heterocycles. The Labute approximate surface area is 207 Å². The maximum Gasteiger partial charge on any atom is 0.223 e. The van der Waals surface area contributed by atoms with E-state index in [4.69, 9.17) is 23.9 Å². The third-order valence-corrected chi connectivity index (χ3v) is 5.49. The average Bonchev–Trinajstić information content (AvgIpc) is 2.85. The first-order valence-corrected chi connectivity index (χ1v) is 11.8. The van der Waals surface area contributed by atoms with E-state index in [9.17, 15) is 4.79 Å². The molecular formula is C28H34N2O5. The summed E-state index contributed by atoms with van der Waals surface area (Å²) in [6, 6.07) is 11.4. The van der Waals surface area contributed by atoms with Crippen molar-refractivity contribution in [1.29, 1.82) is 0 Å². The van der Waals surface area contributed by atoms with Gasteiger partial charge < -0.3 is 23.7 Å². The summed E-state index contributed by atoms with van der Waals surface area (Å²) in [6.07, 6.45) is 6.90. The van der Waals surface area contributed by atoms with Gasteiger partial charge in [-0.15, -0.1) is 0 Å². The van der Waals surface area contributed by atoms with Crippen molar-refractivity contribution in [3.63, 3.8) is 0 Å². The summed E-state index contributed by atoms with van der Waals surface area (Å²) in [7, 11) is 3.25. The number of ketones is 1. The highest BCUT2D eigenvalue weighted by Gasteiger charge is 2.16. The van der Waals surface area contributed by atoms with Crippen molar-refractivity contribution in [2.75, 3.05) is 27.4 Å². The third-order valence-electron chi connectivity index (χ3n) is 5.49. The van der Waals surface area contributed by atoms with Crippen LogP contribution in [0.3, 0.4) is 0 Å². The first-order chi connectivity index (χ1) is 16.9. The Morgan fingerprint density at radius 1 is 1.11 bits per heavy atom. The Hall–Kier alpha value is -3.45. The predicted octanol–water partition coefficient (Wildman–Crippen LogP) is 5.66. The minimum atomic E-state index is -0.117. The molecule has 1 aromatic carbocycles. The fourth-order valence-electron chi connectivity index (χ4n) is 3.85. The van der Waals surface area contributed by atoms with Crippen LogP contribution in [0.15, 0.2) is 54.7 Å². The molecule has 0 spiro atoms. The average molecular weight is 479 g/mol. The smallest absolute Gasteiger partial charge is 0.223 e. The molecule has 0 aliphatic carbocycles. The third kappa shape index (κ3) is 7.26. The number of allylic oxidation sites excluding steroid dienone is 2. The van der Waals surface area contributed by atoms with Gasteiger partial charge in [-0.2, -0.15) is 0 Å². The number of ether oxygens (including phenoxy) is 4. The zero-order valence-corrected chi connectivity index (χ0v) is 21.1. The summed E-state index contributed by atoms with van der Waals surface area (Å²) in [6.45, 7) is 6.38. The van der Waals surface area contributed by atoms with Crippen LogP contribution in [0.4, 0.5) is 0 Å². The lowest BCUT2D eigenvalue weighted by Gasteiger charge is -2.18. The van der Waals surface area contributed by atoms with E-state index in [2.05, 4.69) is 11.1 Å². The number of fused-ring (bicyclic) bond motifs is 1. The Bertz CT molecular complexity index is 1160. The van der Waals surface area contributed by atoms with Crippen LogP contribution in [0.2, 0.25) is 0 Å². The minimum absolute atomic E-state index is 0.0755. The van der Waals surface area contributed by atoms with Gasteiger partial charge in [0.1, 0.15) is 11.9 Å². The van der Waals surface area contributed by atoms with Gasteiger partial charge in [0.15, 0.2) is 11.5 Å². The Balaban J connectivity index is 1.93. The molecule has 35 heavy (non-hydrogen) atoms. The number of aromatic nitrogens is 2. The molecule has 3 aromatic rings. The lowest BCUT2D eigenvalue weighted by molar-refractivity contribution is -0.118. The van der Waals surface area contributed by atoms with E-state index in [1.54, 1.807) is 27.3 Å². The fourth-order valence-corrected chi connectivity index (χ4v) is 3.85. The van der Waals surface area contributed by atoms with E-state index < -0.39 is 0 Å². The SMILES string of the molecule is CC=CCC(COc1nc(-c2ccc(OC(C)COC)c(OC)c2)cc2ncccc12)CC(C)=O. The van der Waals surface area contributed by atoms with Gasteiger partial charge in [-0.1, -0.05) is 12.2 Å². The number of hydrogen-bond acceptors (Lipinski definition) is 7. The van der Waals surface area contributed by atoms with Crippen LogP contribution in [0.5, 0.6) is 17.4 Å². The molecule has 0 aliphatic rings. The summed E-state index contributed by atoms with van der Waals surface area (Å²) in [5.74, 6) is 1.95. The van der Waals surface area contributed by atoms with Gasteiger partial charge in [0.05, 0.1) is 36.9 Å². The van der Waals surface area contributed by atoms with Gasteiger partial charge in [0.25, 0.3) is 0 Å². The second kappa shape index (κ2) is 12.9. The molecule has 2 unspecified atom stereocenters. The van der Waals surface area contributed by atoms with Gasteiger partial charge in [0, 0.05) is 31.2 Å². The number of benzene rings is 1. The summed E-state index contributed by atoms with van der Waals surface area (Å²) in [5, 5.41) is 0.823. The van der Waals surface area contributed by atoms with Gasteiger partial charge >= 0.3 is 0 Å². The Morgan fingerprint density at radius 2 is 1.94 bits per heavy atom. The summed E-state index contributed by atoms with van der Waals surface area (Å²) in [4.78, 5) is 21.1.